The molecule has 3 N–H and O–H groups in total. The van der Waals surface area contributed by atoms with E-state index in [2.05, 4.69) is 10.6 Å². The summed E-state index contributed by atoms with van der Waals surface area (Å²) >= 11 is 0. The Bertz CT molecular complexity index is 537. The number of anilines is 1. The van der Waals surface area contributed by atoms with Crippen LogP contribution in [0.5, 0.6) is 0 Å². The van der Waals surface area contributed by atoms with E-state index in [1.807, 2.05) is 0 Å². The summed E-state index contributed by atoms with van der Waals surface area (Å²) in [6.07, 6.45) is 2.64. The number of carboxylic acid groups (broad SMARTS) is 1. The van der Waals surface area contributed by atoms with E-state index in [0.29, 0.717) is 18.9 Å². The van der Waals surface area contributed by atoms with E-state index in [0.717, 1.165) is 25.0 Å². The molecular formula is C14H16F2N2O3. The van der Waals surface area contributed by atoms with Gasteiger partial charge in [-0.05, 0) is 25.0 Å². The van der Waals surface area contributed by atoms with Crippen LogP contribution in [0.2, 0.25) is 0 Å². The molecule has 0 unspecified atom stereocenters. The van der Waals surface area contributed by atoms with Crippen LogP contribution in [0.3, 0.4) is 0 Å². The van der Waals surface area contributed by atoms with Gasteiger partial charge in [-0.1, -0.05) is 12.8 Å². The van der Waals surface area contributed by atoms with E-state index in [-0.39, 0.29) is 12.2 Å². The average molecular weight is 298 g/mol. The fraction of sp³-hybridized carbons (Fsp3) is 0.429. The molecule has 0 saturated heterocycles. The lowest BCUT2D eigenvalue weighted by atomic mass is 9.86. The summed E-state index contributed by atoms with van der Waals surface area (Å²) < 4.78 is 26.0. The van der Waals surface area contributed by atoms with Crippen LogP contribution in [-0.4, -0.2) is 23.7 Å². The second kappa shape index (κ2) is 6.07. The van der Waals surface area contributed by atoms with Crippen molar-refractivity contribution in [2.24, 2.45) is 5.41 Å². The number of amides is 2. The Balaban J connectivity index is 1.94. The van der Waals surface area contributed by atoms with Crippen LogP contribution in [0.25, 0.3) is 0 Å². The Labute approximate surface area is 120 Å². The molecule has 0 bridgehead atoms. The number of carbonyl (C=O) groups is 2. The highest BCUT2D eigenvalue weighted by Crippen LogP contribution is 2.37. The minimum atomic E-state index is -0.940. The number of hydrogen-bond donors (Lipinski definition) is 3. The van der Waals surface area contributed by atoms with Gasteiger partial charge in [0, 0.05) is 18.3 Å². The summed E-state index contributed by atoms with van der Waals surface area (Å²) in [5.41, 5.74) is -0.967. The van der Waals surface area contributed by atoms with Gasteiger partial charge in [0.25, 0.3) is 0 Å². The largest absolute Gasteiger partial charge is 0.481 e. The molecule has 0 radical (unpaired) electrons. The van der Waals surface area contributed by atoms with Gasteiger partial charge in [-0.3, -0.25) is 4.79 Å². The Morgan fingerprint density at radius 3 is 2.24 bits per heavy atom. The minimum absolute atomic E-state index is 0.00797. The van der Waals surface area contributed by atoms with Crippen molar-refractivity contribution in [1.29, 1.82) is 0 Å². The highest BCUT2D eigenvalue weighted by molar-refractivity contribution is 5.89. The second-order valence-corrected chi connectivity index (χ2v) is 5.26. The van der Waals surface area contributed by atoms with Gasteiger partial charge in [-0.25, -0.2) is 13.6 Å². The van der Waals surface area contributed by atoms with Crippen molar-refractivity contribution in [1.82, 2.24) is 5.32 Å². The zero-order valence-electron chi connectivity index (χ0n) is 11.3. The first-order valence-corrected chi connectivity index (χ1v) is 6.66. The molecule has 21 heavy (non-hydrogen) atoms. The first-order valence-electron chi connectivity index (χ1n) is 6.66. The standard InChI is InChI=1S/C14H16F2N2O3/c15-9-5-10(16)7-11(6-9)18-13(21)17-8-14(12(19)20)3-1-2-4-14/h5-7H,1-4,8H2,(H,19,20)(H2,17,18,21). The molecule has 2 rings (SSSR count). The number of carboxylic acids is 1. The maximum atomic E-state index is 13.0. The maximum absolute atomic E-state index is 13.0. The number of benzene rings is 1. The number of rotatable bonds is 4. The van der Waals surface area contributed by atoms with Crippen molar-refractivity contribution >= 4 is 17.7 Å². The summed E-state index contributed by atoms with van der Waals surface area (Å²) in [4.78, 5) is 23.0. The zero-order valence-corrected chi connectivity index (χ0v) is 11.3. The molecule has 1 saturated carbocycles. The van der Waals surface area contributed by atoms with E-state index in [1.54, 1.807) is 0 Å². The van der Waals surface area contributed by atoms with Crippen molar-refractivity contribution in [2.75, 3.05) is 11.9 Å². The molecule has 114 valence electrons. The highest BCUT2D eigenvalue weighted by atomic mass is 19.1. The van der Waals surface area contributed by atoms with E-state index >= 15 is 0 Å². The smallest absolute Gasteiger partial charge is 0.319 e. The number of nitrogens with one attached hydrogen (secondary N) is 2. The lowest BCUT2D eigenvalue weighted by Crippen LogP contribution is -2.42. The monoisotopic (exact) mass is 298 g/mol. The molecule has 1 fully saturated rings. The number of halogens is 2. The van der Waals surface area contributed by atoms with Gasteiger partial charge in [0.15, 0.2) is 0 Å². The Hall–Kier alpha value is -2.18. The SMILES string of the molecule is O=C(NCC1(C(=O)O)CCCC1)Nc1cc(F)cc(F)c1. The molecular weight excluding hydrogens is 282 g/mol. The fourth-order valence-corrected chi connectivity index (χ4v) is 2.57. The van der Waals surface area contributed by atoms with E-state index in [9.17, 15) is 23.5 Å². The number of carbonyl (C=O) groups excluding carboxylic acids is 1. The Kier molecular flexibility index (Phi) is 4.40. The van der Waals surface area contributed by atoms with Gasteiger partial charge in [0.05, 0.1) is 5.41 Å². The van der Waals surface area contributed by atoms with Crippen LogP contribution in [-0.2, 0) is 4.79 Å². The van der Waals surface area contributed by atoms with Crippen LogP contribution in [0, 0.1) is 17.0 Å². The summed E-state index contributed by atoms with van der Waals surface area (Å²) in [6.45, 7) is -0.00797. The molecule has 1 aromatic carbocycles. The minimum Gasteiger partial charge on any atom is -0.481 e. The lowest BCUT2D eigenvalue weighted by molar-refractivity contribution is -0.148. The Morgan fingerprint density at radius 1 is 1.14 bits per heavy atom. The van der Waals surface area contributed by atoms with Gasteiger partial charge in [-0.2, -0.15) is 0 Å². The quantitative estimate of drug-likeness (QED) is 0.799. The molecule has 0 heterocycles. The van der Waals surface area contributed by atoms with E-state index in [1.165, 1.54) is 0 Å². The normalized spacial score (nSPS) is 16.5. The van der Waals surface area contributed by atoms with Crippen molar-refractivity contribution in [2.45, 2.75) is 25.7 Å². The third kappa shape index (κ3) is 3.68. The molecule has 2 amide bonds. The van der Waals surface area contributed by atoms with Gasteiger partial charge < -0.3 is 15.7 Å². The first kappa shape index (κ1) is 15.2. The average Bonchev–Trinajstić information content (AvgIpc) is 2.85. The summed E-state index contributed by atoms with van der Waals surface area (Å²) in [7, 11) is 0. The van der Waals surface area contributed by atoms with Crippen LogP contribution >= 0.6 is 0 Å². The van der Waals surface area contributed by atoms with Crippen molar-refractivity contribution in [3.63, 3.8) is 0 Å². The summed E-state index contributed by atoms with van der Waals surface area (Å²) in [5.74, 6) is -2.54. The molecule has 5 nitrogen and oxygen atoms in total. The molecule has 1 aliphatic carbocycles. The predicted octanol–water partition coefficient (Wildman–Crippen LogP) is 2.73. The number of hydrogen-bond acceptors (Lipinski definition) is 2. The molecule has 7 heteroatoms. The fourth-order valence-electron chi connectivity index (χ4n) is 2.57. The molecule has 1 aliphatic rings. The molecule has 1 aromatic rings. The van der Waals surface area contributed by atoms with Crippen LogP contribution in [0.4, 0.5) is 19.3 Å². The van der Waals surface area contributed by atoms with Crippen molar-refractivity contribution in [3.05, 3.63) is 29.8 Å². The van der Waals surface area contributed by atoms with Crippen LogP contribution < -0.4 is 10.6 Å². The van der Waals surface area contributed by atoms with Crippen LogP contribution in [0.1, 0.15) is 25.7 Å². The second-order valence-electron chi connectivity index (χ2n) is 5.26. The Morgan fingerprint density at radius 2 is 1.71 bits per heavy atom. The van der Waals surface area contributed by atoms with Crippen molar-refractivity contribution in [3.8, 4) is 0 Å². The van der Waals surface area contributed by atoms with Gasteiger partial charge >= 0.3 is 12.0 Å². The van der Waals surface area contributed by atoms with Gasteiger partial charge in [0.2, 0.25) is 0 Å². The first-order chi connectivity index (χ1) is 9.91. The molecule has 0 aromatic heterocycles. The van der Waals surface area contributed by atoms with E-state index in [4.69, 9.17) is 0 Å². The molecule has 0 atom stereocenters. The number of aliphatic carboxylic acids is 1. The third-order valence-electron chi connectivity index (χ3n) is 3.72. The maximum Gasteiger partial charge on any atom is 0.319 e. The lowest BCUT2D eigenvalue weighted by Gasteiger charge is -2.24. The highest BCUT2D eigenvalue weighted by Gasteiger charge is 2.41. The predicted molar refractivity (Wildman–Crippen MR) is 71.9 cm³/mol. The zero-order chi connectivity index (χ0) is 15.5. The van der Waals surface area contributed by atoms with Gasteiger partial charge in [0.1, 0.15) is 11.6 Å². The third-order valence-corrected chi connectivity index (χ3v) is 3.72. The number of urea groups is 1. The van der Waals surface area contributed by atoms with Crippen LogP contribution in [0.15, 0.2) is 18.2 Å². The molecule has 0 spiro atoms. The molecule has 0 aliphatic heterocycles. The van der Waals surface area contributed by atoms with E-state index < -0.39 is 29.0 Å². The summed E-state index contributed by atoms with van der Waals surface area (Å²) in [6, 6.07) is 1.96. The topological polar surface area (TPSA) is 78.4 Å². The van der Waals surface area contributed by atoms with Gasteiger partial charge in [-0.15, -0.1) is 0 Å². The van der Waals surface area contributed by atoms with Crippen molar-refractivity contribution < 1.29 is 23.5 Å². The summed E-state index contributed by atoms with van der Waals surface area (Å²) in [5, 5.41) is 14.0.